The van der Waals surface area contributed by atoms with Crippen LogP contribution in [-0.4, -0.2) is 44.4 Å². The van der Waals surface area contributed by atoms with Gasteiger partial charge in [0.2, 0.25) is 11.8 Å². The van der Waals surface area contributed by atoms with Crippen LogP contribution in [0.1, 0.15) is 40.7 Å². The normalized spacial score (nSPS) is 20.6. The first-order valence-corrected chi connectivity index (χ1v) is 12.4. The quantitative estimate of drug-likeness (QED) is 0.312. The Kier molecular flexibility index (Phi) is 7.00. The number of aliphatic hydroxyl groups is 1. The Morgan fingerprint density at radius 1 is 1.08 bits per heavy atom. The third-order valence-electron chi connectivity index (χ3n) is 7.32. The van der Waals surface area contributed by atoms with Crippen LogP contribution in [0.4, 0.5) is 14.5 Å². The summed E-state index contributed by atoms with van der Waals surface area (Å²) < 4.78 is 27.1. The van der Waals surface area contributed by atoms with Gasteiger partial charge in [-0.25, -0.2) is 8.78 Å². The molecule has 3 N–H and O–H groups in total. The molecule has 4 unspecified atom stereocenters. The average molecular weight is 538 g/mol. The van der Waals surface area contributed by atoms with Gasteiger partial charge in [0.1, 0.15) is 11.8 Å². The van der Waals surface area contributed by atoms with Gasteiger partial charge in [-0.1, -0.05) is 24.3 Å². The summed E-state index contributed by atoms with van der Waals surface area (Å²) in [6.07, 6.45) is -0.668. The number of carbonyl (C=O) groups is 2. The number of non-ortho nitro benzene ring substituents is 1. The van der Waals surface area contributed by atoms with Crippen molar-refractivity contribution in [1.82, 2.24) is 10.2 Å². The summed E-state index contributed by atoms with van der Waals surface area (Å²) in [5.74, 6) is -3.57. The number of rotatable bonds is 7. The summed E-state index contributed by atoms with van der Waals surface area (Å²) in [6, 6.07) is 12.8. The number of hydrogen-bond acceptors (Lipinski definition) is 6. The number of nitro groups is 1. The van der Waals surface area contributed by atoms with Crippen molar-refractivity contribution in [3.63, 3.8) is 0 Å². The molecule has 39 heavy (non-hydrogen) atoms. The number of halogens is 2. The number of aromatic hydroxyl groups is 1. The van der Waals surface area contributed by atoms with Crippen molar-refractivity contribution in [3.8, 4) is 5.75 Å². The zero-order valence-corrected chi connectivity index (χ0v) is 20.6. The van der Waals surface area contributed by atoms with E-state index in [1.54, 1.807) is 6.07 Å². The van der Waals surface area contributed by atoms with E-state index in [1.807, 2.05) is 0 Å². The fourth-order valence-corrected chi connectivity index (χ4v) is 5.11. The summed E-state index contributed by atoms with van der Waals surface area (Å²) in [4.78, 5) is 38.8. The van der Waals surface area contributed by atoms with Crippen molar-refractivity contribution in [2.24, 2.45) is 5.92 Å². The van der Waals surface area contributed by atoms with Crippen LogP contribution < -0.4 is 5.32 Å². The standard InChI is InChI=1S/C28H25F2N3O6/c29-23-7-5-15(10-24(23)30)21-12-22(21)28(37)32-14-17-4-6-20(34)9-18(17)11-25(32)27(36)31-13-26(35)16-2-1-3-19(8-16)33(38)39/h1-10,21-22,25-26,34-35H,11-14H2,(H,31,36). The maximum atomic E-state index is 13.8. The second kappa shape index (κ2) is 10.4. The number of nitro benzene ring substituents is 1. The van der Waals surface area contributed by atoms with Gasteiger partial charge in [-0.05, 0) is 58.9 Å². The molecule has 3 aromatic rings. The largest absolute Gasteiger partial charge is 0.508 e. The van der Waals surface area contributed by atoms with Crippen molar-refractivity contribution in [1.29, 1.82) is 0 Å². The molecule has 2 aliphatic rings. The molecule has 0 saturated heterocycles. The highest BCUT2D eigenvalue weighted by molar-refractivity contribution is 5.91. The number of nitrogens with zero attached hydrogens (tertiary/aromatic N) is 2. The Morgan fingerprint density at radius 2 is 1.87 bits per heavy atom. The summed E-state index contributed by atoms with van der Waals surface area (Å²) >= 11 is 0. The third kappa shape index (κ3) is 5.44. The van der Waals surface area contributed by atoms with Crippen molar-refractivity contribution in [2.75, 3.05) is 6.54 Å². The Hall–Kier alpha value is -4.38. The highest BCUT2D eigenvalue weighted by Gasteiger charge is 2.48. The van der Waals surface area contributed by atoms with Crippen LogP contribution in [-0.2, 0) is 22.6 Å². The molecule has 1 fully saturated rings. The summed E-state index contributed by atoms with van der Waals surface area (Å²) in [7, 11) is 0. The number of phenols is 1. The van der Waals surface area contributed by atoms with Crippen LogP contribution in [0.15, 0.2) is 60.7 Å². The van der Waals surface area contributed by atoms with E-state index in [0.29, 0.717) is 17.5 Å². The molecule has 4 atom stereocenters. The van der Waals surface area contributed by atoms with Gasteiger partial charge in [0, 0.05) is 37.6 Å². The minimum Gasteiger partial charge on any atom is -0.508 e. The molecule has 0 radical (unpaired) electrons. The zero-order valence-electron chi connectivity index (χ0n) is 20.6. The van der Waals surface area contributed by atoms with Crippen LogP contribution in [0.5, 0.6) is 5.75 Å². The molecular weight excluding hydrogens is 512 g/mol. The van der Waals surface area contributed by atoms with Crippen LogP contribution in [0, 0.1) is 27.7 Å². The number of carbonyl (C=O) groups excluding carboxylic acids is 2. The Balaban J connectivity index is 1.33. The average Bonchev–Trinajstić information content (AvgIpc) is 3.73. The lowest BCUT2D eigenvalue weighted by atomic mass is 9.92. The minimum atomic E-state index is -1.22. The van der Waals surface area contributed by atoms with Crippen molar-refractivity contribution < 1.29 is 33.5 Å². The molecule has 9 nitrogen and oxygen atoms in total. The first kappa shape index (κ1) is 26.2. The van der Waals surface area contributed by atoms with E-state index in [2.05, 4.69) is 5.32 Å². The van der Waals surface area contributed by atoms with Gasteiger partial charge < -0.3 is 20.4 Å². The highest BCUT2D eigenvalue weighted by Crippen LogP contribution is 2.49. The fourth-order valence-electron chi connectivity index (χ4n) is 5.11. The van der Waals surface area contributed by atoms with E-state index in [9.17, 15) is 38.7 Å². The number of aliphatic hydroxyl groups excluding tert-OH is 1. The molecule has 1 aliphatic heterocycles. The van der Waals surface area contributed by atoms with E-state index < -0.39 is 40.5 Å². The zero-order chi connectivity index (χ0) is 27.8. The third-order valence-corrected chi connectivity index (χ3v) is 7.32. The lowest BCUT2D eigenvalue weighted by Crippen LogP contribution is -2.53. The number of amides is 2. The molecule has 1 heterocycles. The first-order chi connectivity index (χ1) is 18.6. The monoisotopic (exact) mass is 537 g/mol. The number of fused-ring (bicyclic) bond motifs is 1. The van der Waals surface area contributed by atoms with E-state index in [4.69, 9.17) is 0 Å². The molecule has 0 aromatic heterocycles. The molecule has 5 rings (SSSR count). The smallest absolute Gasteiger partial charge is 0.269 e. The highest BCUT2D eigenvalue weighted by atomic mass is 19.2. The van der Waals surface area contributed by atoms with Gasteiger partial charge in [-0.3, -0.25) is 19.7 Å². The molecular formula is C28H25F2N3O6. The van der Waals surface area contributed by atoms with Gasteiger partial charge >= 0.3 is 0 Å². The molecule has 2 amide bonds. The summed E-state index contributed by atoms with van der Waals surface area (Å²) in [5, 5.41) is 34.2. The lowest BCUT2D eigenvalue weighted by Gasteiger charge is -2.36. The van der Waals surface area contributed by atoms with Crippen molar-refractivity contribution in [2.45, 2.75) is 37.5 Å². The van der Waals surface area contributed by atoms with Crippen LogP contribution in [0.25, 0.3) is 0 Å². The molecule has 11 heteroatoms. The van der Waals surface area contributed by atoms with Gasteiger partial charge in [-0.2, -0.15) is 0 Å². The Bertz CT molecular complexity index is 1460. The molecule has 202 valence electrons. The lowest BCUT2D eigenvalue weighted by molar-refractivity contribution is -0.385. The second-order valence-corrected chi connectivity index (χ2v) is 9.87. The predicted octanol–water partition coefficient (Wildman–Crippen LogP) is 3.49. The number of benzene rings is 3. The van der Waals surface area contributed by atoms with Crippen molar-refractivity contribution >= 4 is 17.5 Å². The topological polar surface area (TPSA) is 133 Å². The Labute approximate surface area is 221 Å². The van der Waals surface area contributed by atoms with Gasteiger partial charge in [-0.15, -0.1) is 0 Å². The van der Waals surface area contributed by atoms with Crippen molar-refractivity contribution in [3.05, 3.63) is 105 Å². The number of nitrogens with one attached hydrogen (secondary N) is 1. The fraction of sp³-hybridized carbons (Fsp3) is 0.286. The summed E-state index contributed by atoms with van der Waals surface area (Å²) in [5.41, 5.74) is 2.04. The number of hydrogen-bond donors (Lipinski definition) is 3. The minimum absolute atomic E-state index is 0.0226. The van der Waals surface area contributed by atoms with Gasteiger partial charge in [0.05, 0.1) is 11.0 Å². The SMILES string of the molecule is O=C(NCC(O)c1cccc([N+](=O)[O-])c1)C1Cc2cc(O)ccc2CN1C(=O)C1CC1c1ccc(F)c(F)c1. The maximum Gasteiger partial charge on any atom is 0.269 e. The first-order valence-electron chi connectivity index (χ1n) is 12.4. The van der Waals surface area contributed by atoms with Gasteiger partial charge in [0.25, 0.3) is 5.69 Å². The number of phenolic OH excluding ortho intramolecular Hbond substituents is 1. The molecule has 1 aliphatic carbocycles. The predicted molar refractivity (Wildman–Crippen MR) is 134 cm³/mol. The van der Waals surface area contributed by atoms with Gasteiger partial charge in [0.15, 0.2) is 11.6 Å². The Morgan fingerprint density at radius 3 is 2.62 bits per heavy atom. The van der Waals surface area contributed by atoms with Crippen LogP contribution in [0.3, 0.4) is 0 Å². The second-order valence-electron chi connectivity index (χ2n) is 9.87. The molecule has 0 bridgehead atoms. The molecule has 1 saturated carbocycles. The molecule has 0 spiro atoms. The van der Waals surface area contributed by atoms with E-state index in [1.165, 1.54) is 47.4 Å². The van der Waals surface area contributed by atoms with E-state index in [0.717, 1.165) is 17.7 Å². The van der Waals surface area contributed by atoms with Crippen LogP contribution >= 0.6 is 0 Å². The summed E-state index contributed by atoms with van der Waals surface area (Å²) in [6.45, 7) is -0.132. The maximum absolute atomic E-state index is 13.8. The van der Waals surface area contributed by atoms with Crippen LogP contribution in [0.2, 0.25) is 0 Å². The van der Waals surface area contributed by atoms with E-state index >= 15 is 0 Å². The molecule has 3 aromatic carbocycles. The van der Waals surface area contributed by atoms with E-state index in [-0.39, 0.29) is 48.3 Å².